The molecule has 2 aromatic carbocycles. The van der Waals surface area contributed by atoms with Gasteiger partial charge in [-0.3, -0.25) is 0 Å². The maximum Gasteiger partial charge on any atom is 0.338 e. The second-order valence-electron chi connectivity index (χ2n) is 3.63. The first-order valence-corrected chi connectivity index (χ1v) is 5.32. The molecule has 0 fully saturated rings. The lowest BCUT2D eigenvalue weighted by atomic mass is 10.1. The Morgan fingerprint density at radius 2 is 1.89 bits per heavy atom. The summed E-state index contributed by atoms with van der Waals surface area (Å²) >= 11 is 0. The number of benzene rings is 2. The zero-order chi connectivity index (χ0) is 13.8. The van der Waals surface area contributed by atoms with Crippen LogP contribution in [0.25, 0.3) is 0 Å². The van der Waals surface area contributed by atoms with Crippen LogP contribution in [-0.2, 0) is 0 Å². The molecule has 2 rings (SSSR count). The summed E-state index contributed by atoms with van der Waals surface area (Å²) < 4.78 is 19.2. The van der Waals surface area contributed by atoms with Crippen molar-refractivity contribution in [3.05, 3.63) is 59.4 Å². The van der Waals surface area contributed by atoms with Crippen molar-refractivity contribution in [2.45, 2.75) is 0 Å². The number of hydrogen-bond acceptors (Lipinski definition) is 3. The minimum Gasteiger partial charge on any atom is -0.478 e. The molecule has 0 atom stereocenters. The molecule has 4 nitrogen and oxygen atoms in total. The first-order valence-electron chi connectivity index (χ1n) is 5.32. The minimum atomic E-state index is -1.43. The van der Waals surface area contributed by atoms with Gasteiger partial charge in [0.1, 0.15) is 23.1 Å². The summed E-state index contributed by atoms with van der Waals surface area (Å²) in [4.78, 5) is 10.8. The van der Waals surface area contributed by atoms with Crippen molar-refractivity contribution < 1.29 is 19.0 Å². The molecule has 0 saturated heterocycles. The van der Waals surface area contributed by atoms with Crippen LogP contribution in [0.1, 0.15) is 15.9 Å². The predicted molar refractivity (Wildman–Crippen MR) is 64.6 cm³/mol. The van der Waals surface area contributed by atoms with Crippen LogP contribution in [0, 0.1) is 17.1 Å². The van der Waals surface area contributed by atoms with E-state index < -0.39 is 22.9 Å². The van der Waals surface area contributed by atoms with Crippen molar-refractivity contribution in [3.63, 3.8) is 0 Å². The number of halogens is 1. The van der Waals surface area contributed by atoms with E-state index >= 15 is 0 Å². The number of carboxylic acids is 1. The maximum absolute atomic E-state index is 13.8. The van der Waals surface area contributed by atoms with Crippen LogP contribution in [0.5, 0.6) is 11.5 Å². The van der Waals surface area contributed by atoms with Gasteiger partial charge in [0.25, 0.3) is 0 Å². The number of rotatable bonds is 3. The smallest absolute Gasteiger partial charge is 0.338 e. The van der Waals surface area contributed by atoms with Crippen molar-refractivity contribution in [1.82, 2.24) is 0 Å². The monoisotopic (exact) mass is 257 g/mol. The van der Waals surface area contributed by atoms with E-state index in [0.717, 1.165) is 6.07 Å². The second-order valence-corrected chi connectivity index (χ2v) is 3.63. The molecule has 5 heteroatoms. The van der Waals surface area contributed by atoms with Gasteiger partial charge in [-0.15, -0.1) is 0 Å². The average molecular weight is 257 g/mol. The van der Waals surface area contributed by atoms with E-state index in [-0.39, 0.29) is 5.75 Å². The van der Waals surface area contributed by atoms with Gasteiger partial charge in [-0.1, -0.05) is 18.2 Å². The Morgan fingerprint density at radius 1 is 1.21 bits per heavy atom. The van der Waals surface area contributed by atoms with E-state index in [2.05, 4.69) is 0 Å². The van der Waals surface area contributed by atoms with Crippen LogP contribution < -0.4 is 4.74 Å². The molecular formula is C14H8FNO3. The third kappa shape index (κ3) is 2.53. The highest BCUT2D eigenvalue weighted by atomic mass is 19.1. The SMILES string of the molecule is N#Cc1c(Oc2ccccc2)ccc(C(=O)O)c1F. The minimum absolute atomic E-state index is 0.0174. The fourth-order valence-electron chi connectivity index (χ4n) is 1.53. The molecule has 0 bridgehead atoms. The van der Waals surface area contributed by atoms with Crippen LogP contribution in [0.2, 0.25) is 0 Å². The zero-order valence-electron chi connectivity index (χ0n) is 9.63. The predicted octanol–water partition coefficient (Wildman–Crippen LogP) is 3.19. The van der Waals surface area contributed by atoms with Crippen LogP contribution in [0.4, 0.5) is 4.39 Å². The van der Waals surface area contributed by atoms with E-state index in [4.69, 9.17) is 15.1 Å². The van der Waals surface area contributed by atoms with Crippen LogP contribution in [-0.4, -0.2) is 11.1 Å². The molecule has 1 N–H and O–H groups in total. The quantitative estimate of drug-likeness (QED) is 0.916. The Labute approximate surface area is 108 Å². The van der Waals surface area contributed by atoms with E-state index in [0.29, 0.717) is 5.75 Å². The van der Waals surface area contributed by atoms with Crippen molar-refractivity contribution >= 4 is 5.97 Å². The molecule has 0 aromatic heterocycles. The first-order chi connectivity index (χ1) is 9.13. The molecular weight excluding hydrogens is 249 g/mol. The zero-order valence-corrected chi connectivity index (χ0v) is 9.63. The number of hydrogen-bond donors (Lipinski definition) is 1. The number of nitriles is 1. The van der Waals surface area contributed by atoms with Crippen LogP contribution >= 0.6 is 0 Å². The lowest BCUT2D eigenvalue weighted by molar-refractivity contribution is 0.0692. The van der Waals surface area contributed by atoms with Gasteiger partial charge < -0.3 is 9.84 Å². The van der Waals surface area contributed by atoms with Crippen molar-refractivity contribution in [3.8, 4) is 17.6 Å². The molecule has 0 heterocycles. The van der Waals surface area contributed by atoms with Gasteiger partial charge in [0, 0.05) is 0 Å². The number of carboxylic acid groups (broad SMARTS) is 1. The summed E-state index contributed by atoms with van der Waals surface area (Å²) in [6.07, 6.45) is 0. The molecule has 19 heavy (non-hydrogen) atoms. The number of carbonyl (C=O) groups is 1. The molecule has 0 aliphatic heterocycles. The highest BCUT2D eigenvalue weighted by molar-refractivity contribution is 5.88. The normalized spacial score (nSPS) is 9.68. The van der Waals surface area contributed by atoms with Crippen molar-refractivity contribution in [2.75, 3.05) is 0 Å². The second kappa shape index (κ2) is 5.19. The molecule has 0 unspecified atom stereocenters. The number of ether oxygens (including phenoxy) is 1. The molecule has 0 spiro atoms. The van der Waals surface area contributed by atoms with Gasteiger partial charge in [0.15, 0.2) is 5.82 Å². The van der Waals surface area contributed by atoms with Gasteiger partial charge in [-0.05, 0) is 24.3 Å². The summed E-state index contributed by atoms with van der Waals surface area (Å²) in [6.45, 7) is 0. The Balaban J connectivity index is 2.46. The van der Waals surface area contributed by atoms with Gasteiger partial charge in [0.05, 0.1) is 5.56 Å². The third-order valence-electron chi connectivity index (χ3n) is 2.42. The Bertz CT molecular complexity index is 662. The van der Waals surface area contributed by atoms with Crippen LogP contribution in [0.15, 0.2) is 42.5 Å². The highest BCUT2D eigenvalue weighted by Crippen LogP contribution is 2.28. The maximum atomic E-state index is 13.8. The number of nitrogens with zero attached hydrogens (tertiary/aromatic N) is 1. The molecule has 2 aromatic rings. The molecule has 0 radical (unpaired) electrons. The first kappa shape index (κ1) is 12.6. The fourth-order valence-corrected chi connectivity index (χ4v) is 1.53. The summed E-state index contributed by atoms with van der Waals surface area (Å²) in [7, 11) is 0. The largest absolute Gasteiger partial charge is 0.478 e. The molecule has 0 saturated carbocycles. The Morgan fingerprint density at radius 3 is 2.47 bits per heavy atom. The van der Waals surface area contributed by atoms with Gasteiger partial charge in [-0.2, -0.15) is 5.26 Å². The lowest BCUT2D eigenvalue weighted by Crippen LogP contribution is -2.03. The molecule has 0 aliphatic rings. The molecule has 0 amide bonds. The van der Waals surface area contributed by atoms with Crippen LogP contribution in [0.3, 0.4) is 0 Å². The van der Waals surface area contributed by atoms with Crippen molar-refractivity contribution in [1.29, 1.82) is 5.26 Å². The number of para-hydroxylation sites is 1. The van der Waals surface area contributed by atoms with E-state index in [9.17, 15) is 9.18 Å². The highest BCUT2D eigenvalue weighted by Gasteiger charge is 2.18. The van der Waals surface area contributed by atoms with Gasteiger partial charge in [0.2, 0.25) is 0 Å². The molecule has 94 valence electrons. The van der Waals surface area contributed by atoms with Gasteiger partial charge in [-0.25, -0.2) is 9.18 Å². The van der Waals surface area contributed by atoms with Crippen molar-refractivity contribution in [2.24, 2.45) is 0 Å². The third-order valence-corrected chi connectivity index (χ3v) is 2.42. The average Bonchev–Trinajstić information content (AvgIpc) is 2.40. The number of aromatic carboxylic acids is 1. The summed E-state index contributed by atoms with van der Waals surface area (Å²) in [6, 6.07) is 12.5. The summed E-state index contributed by atoms with van der Waals surface area (Å²) in [5.74, 6) is -2.11. The Hall–Kier alpha value is -2.87. The summed E-state index contributed by atoms with van der Waals surface area (Å²) in [5, 5.41) is 17.7. The van der Waals surface area contributed by atoms with E-state index in [1.807, 2.05) is 0 Å². The van der Waals surface area contributed by atoms with E-state index in [1.54, 1.807) is 36.4 Å². The molecule has 0 aliphatic carbocycles. The Kier molecular flexibility index (Phi) is 3.44. The topological polar surface area (TPSA) is 70.3 Å². The standard InChI is InChI=1S/C14H8FNO3/c15-13-10(14(17)18)6-7-12(11(13)8-16)19-9-4-2-1-3-5-9/h1-7H,(H,17,18). The van der Waals surface area contributed by atoms with E-state index in [1.165, 1.54) is 6.07 Å². The fraction of sp³-hybridized carbons (Fsp3) is 0. The lowest BCUT2D eigenvalue weighted by Gasteiger charge is -2.08. The summed E-state index contributed by atoms with van der Waals surface area (Å²) in [5.41, 5.74) is -0.985. The van der Waals surface area contributed by atoms with Gasteiger partial charge >= 0.3 is 5.97 Å².